The zero-order chi connectivity index (χ0) is 8.53. The molecule has 0 aliphatic heterocycles. The first-order valence-corrected chi connectivity index (χ1v) is 5.36. The van der Waals surface area contributed by atoms with Gasteiger partial charge in [-0.2, -0.15) is 0 Å². The van der Waals surface area contributed by atoms with Crippen LogP contribution in [0.15, 0.2) is 0 Å². The Labute approximate surface area is 69.2 Å². The first-order valence-electron chi connectivity index (χ1n) is 4.00. The van der Waals surface area contributed by atoms with Crippen molar-refractivity contribution in [3.63, 3.8) is 0 Å². The van der Waals surface area contributed by atoms with Gasteiger partial charge >= 0.3 is 8.03 Å². The Bertz CT molecular complexity index is 109. The molecule has 11 heavy (non-hydrogen) atoms. The predicted octanol–water partition coefficient (Wildman–Crippen LogP) is 1.89. The van der Waals surface area contributed by atoms with E-state index in [-0.39, 0.29) is 0 Å². The second-order valence-electron chi connectivity index (χ2n) is 2.44. The summed E-state index contributed by atoms with van der Waals surface area (Å²) in [5.41, 5.74) is 5.31. The Morgan fingerprint density at radius 2 is 1.91 bits per heavy atom. The molecule has 0 aromatic heterocycles. The largest absolute Gasteiger partial charge is 0.507 e. The standard InChI is InChI=1S/C7H17NO2P/c1-10-11(9)7-5-3-2-4-6-8/h2-8H2,1H3/q+1. The van der Waals surface area contributed by atoms with Crippen LogP contribution < -0.4 is 5.73 Å². The normalized spacial score (nSPS) is 11.6. The number of hydrogen-bond acceptors (Lipinski definition) is 3. The van der Waals surface area contributed by atoms with Gasteiger partial charge in [-0.1, -0.05) is 6.42 Å². The van der Waals surface area contributed by atoms with Crippen LogP contribution in [0.1, 0.15) is 25.7 Å². The fourth-order valence-electron chi connectivity index (χ4n) is 0.830. The van der Waals surface area contributed by atoms with Crippen molar-refractivity contribution in [2.24, 2.45) is 5.73 Å². The van der Waals surface area contributed by atoms with E-state index in [0.29, 0.717) is 6.16 Å². The Hall–Kier alpha value is 0.0200. The lowest BCUT2D eigenvalue weighted by Crippen LogP contribution is -1.97. The third kappa shape index (κ3) is 7.92. The fourth-order valence-corrected chi connectivity index (χ4v) is 1.49. The zero-order valence-corrected chi connectivity index (χ0v) is 7.98. The highest BCUT2D eigenvalue weighted by atomic mass is 31.1. The van der Waals surface area contributed by atoms with Crippen LogP contribution in [0.4, 0.5) is 0 Å². The molecule has 0 bridgehead atoms. The van der Waals surface area contributed by atoms with Crippen molar-refractivity contribution in [3.05, 3.63) is 0 Å². The van der Waals surface area contributed by atoms with E-state index in [1.165, 1.54) is 7.11 Å². The summed E-state index contributed by atoms with van der Waals surface area (Å²) in [4.78, 5) is 0. The summed E-state index contributed by atoms with van der Waals surface area (Å²) in [7, 11) is 0.104. The molecule has 4 heteroatoms. The topological polar surface area (TPSA) is 52.3 Å². The van der Waals surface area contributed by atoms with Gasteiger partial charge in [-0.3, -0.25) is 0 Å². The molecule has 0 saturated heterocycles. The van der Waals surface area contributed by atoms with Crippen molar-refractivity contribution in [1.29, 1.82) is 0 Å². The molecule has 3 nitrogen and oxygen atoms in total. The molecule has 1 unspecified atom stereocenters. The van der Waals surface area contributed by atoms with E-state index < -0.39 is 8.03 Å². The lowest BCUT2D eigenvalue weighted by Gasteiger charge is -1.92. The van der Waals surface area contributed by atoms with E-state index in [0.717, 1.165) is 32.2 Å². The third-order valence-corrected chi connectivity index (χ3v) is 2.59. The van der Waals surface area contributed by atoms with Crippen molar-refractivity contribution in [2.45, 2.75) is 25.7 Å². The van der Waals surface area contributed by atoms with Gasteiger partial charge in [0, 0.05) is 0 Å². The van der Waals surface area contributed by atoms with Crippen LogP contribution in [0.2, 0.25) is 0 Å². The van der Waals surface area contributed by atoms with Crippen LogP contribution in [-0.4, -0.2) is 19.8 Å². The van der Waals surface area contributed by atoms with Crippen molar-refractivity contribution in [1.82, 2.24) is 0 Å². The highest BCUT2D eigenvalue weighted by molar-refractivity contribution is 7.39. The molecule has 0 aromatic rings. The molecule has 0 amide bonds. The first-order chi connectivity index (χ1) is 5.31. The van der Waals surface area contributed by atoms with Crippen LogP contribution in [0.5, 0.6) is 0 Å². The highest BCUT2D eigenvalue weighted by Crippen LogP contribution is 2.22. The Morgan fingerprint density at radius 1 is 1.27 bits per heavy atom. The van der Waals surface area contributed by atoms with Gasteiger partial charge in [0.15, 0.2) is 6.16 Å². The van der Waals surface area contributed by atoms with Gasteiger partial charge in [0.1, 0.15) is 0 Å². The molecule has 66 valence electrons. The van der Waals surface area contributed by atoms with Crippen molar-refractivity contribution >= 4 is 8.03 Å². The van der Waals surface area contributed by atoms with Gasteiger partial charge in [-0.15, -0.1) is 4.52 Å². The van der Waals surface area contributed by atoms with Gasteiger partial charge in [0.25, 0.3) is 0 Å². The quantitative estimate of drug-likeness (QED) is 0.478. The molecule has 0 aromatic carbocycles. The Kier molecular flexibility index (Phi) is 8.13. The first kappa shape index (κ1) is 11.0. The molecule has 0 heterocycles. The Morgan fingerprint density at radius 3 is 2.45 bits per heavy atom. The monoisotopic (exact) mass is 178 g/mol. The van der Waals surface area contributed by atoms with E-state index in [9.17, 15) is 4.57 Å². The van der Waals surface area contributed by atoms with Gasteiger partial charge < -0.3 is 5.73 Å². The predicted molar refractivity (Wildman–Crippen MR) is 47.0 cm³/mol. The molecule has 0 spiro atoms. The van der Waals surface area contributed by atoms with E-state index in [4.69, 9.17) is 5.73 Å². The maximum atomic E-state index is 10.7. The molecule has 0 rings (SSSR count). The summed E-state index contributed by atoms with van der Waals surface area (Å²) in [6, 6.07) is 0. The van der Waals surface area contributed by atoms with E-state index in [1.54, 1.807) is 0 Å². The second kappa shape index (κ2) is 8.12. The number of hydrogen-bond donors (Lipinski definition) is 1. The van der Waals surface area contributed by atoms with Crippen LogP contribution in [-0.2, 0) is 9.09 Å². The van der Waals surface area contributed by atoms with Crippen LogP contribution in [0, 0.1) is 0 Å². The summed E-state index contributed by atoms with van der Waals surface area (Å²) in [6.45, 7) is 0.760. The van der Waals surface area contributed by atoms with Crippen molar-refractivity contribution in [2.75, 3.05) is 19.8 Å². The summed E-state index contributed by atoms with van der Waals surface area (Å²) >= 11 is 0. The van der Waals surface area contributed by atoms with Gasteiger partial charge in [0.05, 0.1) is 7.11 Å². The zero-order valence-electron chi connectivity index (χ0n) is 7.08. The van der Waals surface area contributed by atoms with Crippen LogP contribution in [0.3, 0.4) is 0 Å². The number of nitrogens with two attached hydrogens (primary N) is 1. The summed E-state index contributed by atoms with van der Waals surface area (Å²) < 4.78 is 15.4. The SMILES string of the molecule is CO[P+](=O)CCCCCCN. The van der Waals surface area contributed by atoms with E-state index in [1.807, 2.05) is 0 Å². The smallest absolute Gasteiger partial charge is 0.330 e. The second-order valence-corrected chi connectivity index (χ2v) is 3.92. The molecule has 0 aliphatic carbocycles. The van der Waals surface area contributed by atoms with E-state index >= 15 is 0 Å². The van der Waals surface area contributed by atoms with Gasteiger partial charge in [-0.05, 0) is 30.4 Å². The molecular formula is C7H17NO2P+. The number of unbranched alkanes of at least 4 members (excludes halogenated alkanes) is 3. The van der Waals surface area contributed by atoms with E-state index in [2.05, 4.69) is 4.52 Å². The van der Waals surface area contributed by atoms with Crippen LogP contribution in [0.25, 0.3) is 0 Å². The molecule has 0 aliphatic rings. The number of rotatable bonds is 7. The maximum absolute atomic E-state index is 10.7. The minimum atomic E-state index is -1.38. The molecule has 0 saturated carbocycles. The minimum Gasteiger partial charge on any atom is -0.330 e. The molecule has 0 fully saturated rings. The van der Waals surface area contributed by atoms with Gasteiger partial charge in [0.2, 0.25) is 0 Å². The summed E-state index contributed by atoms with van der Waals surface area (Å²) in [5.74, 6) is 0. The van der Waals surface area contributed by atoms with Crippen LogP contribution >= 0.6 is 8.03 Å². The molecule has 2 N–H and O–H groups in total. The average Bonchev–Trinajstić information content (AvgIpc) is 2.04. The highest BCUT2D eigenvalue weighted by Gasteiger charge is 2.12. The fraction of sp³-hybridized carbons (Fsp3) is 1.00. The maximum Gasteiger partial charge on any atom is 0.507 e. The third-order valence-electron chi connectivity index (χ3n) is 1.50. The van der Waals surface area contributed by atoms with Crippen molar-refractivity contribution in [3.8, 4) is 0 Å². The van der Waals surface area contributed by atoms with Crippen molar-refractivity contribution < 1.29 is 9.09 Å². The Balaban J connectivity index is 2.95. The lowest BCUT2D eigenvalue weighted by atomic mass is 10.2. The summed E-state index contributed by atoms with van der Waals surface area (Å²) in [6.07, 6.45) is 5.01. The minimum absolute atomic E-state index is 0.691. The molecule has 0 radical (unpaired) electrons. The lowest BCUT2D eigenvalue weighted by molar-refractivity contribution is 0.413. The molecule has 1 atom stereocenters. The average molecular weight is 178 g/mol. The molecular weight excluding hydrogens is 161 g/mol. The summed E-state index contributed by atoms with van der Waals surface area (Å²) in [5, 5.41) is 0. The van der Waals surface area contributed by atoms with Gasteiger partial charge in [-0.25, -0.2) is 0 Å².